The van der Waals surface area contributed by atoms with Crippen LogP contribution in [-0.4, -0.2) is 6.29 Å². The Hall–Kier alpha value is -1.06. The van der Waals surface area contributed by atoms with Gasteiger partial charge in [-0.2, -0.15) is 0 Å². The molecule has 17 heavy (non-hydrogen) atoms. The predicted octanol–water partition coefficient (Wildman–Crippen LogP) is 4.72. The highest BCUT2D eigenvalue weighted by Crippen LogP contribution is 2.31. The second kappa shape index (κ2) is 5.52. The summed E-state index contributed by atoms with van der Waals surface area (Å²) in [7, 11) is 0. The minimum atomic E-state index is 0.714. The fourth-order valence-electron chi connectivity index (χ4n) is 1.51. The quantitative estimate of drug-likeness (QED) is 0.763. The van der Waals surface area contributed by atoms with E-state index in [1.54, 1.807) is 11.8 Å². The molecular weight excluding hydrogens is 296 g/mol. The fourth-order valence-corrected chi connectivity index (χ4v) is 2.90. The van der Waals surface area contributed by atoms with Crippen molar-refractivity contribution in [3.05, 3.63) is 58.1 Å². The van der Waals surface area contributed by atoms with Crippen LogP contribution in [0.15, 0.2) is 56.7 Å². The van der Waals surface area contributed by atoms with Crippen LogP contribution < -0.4 is 0 Å². The number of hydrogen-bond donors (Lipinski definition) is 0. The third-order valence-corrected chi connectivity index (χ3v) is 3.89. The van der Waals surface area contributed by atoms with E-state index in [0.717, 1.165) is 20.5 Å². The smallest absolute Gasteiger partial charge is 0.151 e. The zero-order valence-corrected chi connectivity index (χ0v) is 11.7. The lowest BCUT2D eigenvalue weighted by molar-refractivity contribution is 0.112. The van der Waals surface area contributed by atoms with Crippen LogP contribution >= 0.6 is 27.7 Å². The summed E-state index contributed by atoms with van der Waals surface area (Å²) in [5, 5.41) is 0. The van der Waals surface area contributed by atoms with Crippen LogP contribution in [0.4, 0.5) is 0 Å². The standard InChI is InChI=1S/C14H11BrOS/c1-10-3-2-4-13(7-10)17-14-6-5-12(15)8-11(14)9-16/h2-9H,1H3. The second-order valence-electron chi connectivity index (χ2n) is 3.72. The highest BCUT2D eigenvalue weighted by atomic mass is 79.9. The summed E-state index contributed by atoms with van der Waals surface area (Å²) in [6.45, 7) is 2.06. The maximum atomic E-state index is 11.0. The van der Waals surface area contributed by atoms with E-state index in [1.807, 2.05) is 30.3 Å². The lowest BCUT2D eigenvalue weighted by Crippen LogP contribution is -1.85. The van der Waals surface area contributed by atoms with Crippen molar-refractivity contribution in [2.75, 3.05) is 0 Å². The largest absolute Gasteiger partial charge is 0.298 e. The molecule has 0 radical (unpaired) electrons. The van der Waals surface area contributed by atoms with Crippen LogP contribution in [0, 0.1) is 6.92 Å². The number of aryl methyl sites for hydroxylation is 1. The molecule has 1 nitrogen and oxygen atoms in total. The molecule has 86 valence electrons. The Labute approximate surface area is 113 Å². The molecule has 0 saturated heterocycles. The third-order valence-electron chi connectivity index (χ3n) is 2.32. The molecule has 0 N–H and O–H groups in total. The number of rotatable bonds is 3. The van der Waals surface area contributed by atoms with E-state index in [-0.39, 0.29) is 0 Å². The number of carbonyl (C=O) groups is 1. The van der Waals surface area contributed by atoms with Gasteiger partial charge < -0.3 is 0 Å². The van der Waals surface area contributed by atoms with Crippen molar-refractivity contribution in [1.82, 2.24) is 0 Å². The average molecular weight is 307 g/mol. The minimum Gasteiger partial charge on any atom is -0.298 e. The molecule has 2 aromatic rings. The highest BCUT2D eigenvalue weighted by Gasteiger charge is 2.04. The van der Waals surface area contributed by atoms with E-state index in [9.17, 15) is 4.79 Å². The highest BCUT2D eigenvalue weighted by molar-refractivity contribution is 9.10. The normalized spacial score (nSPS) is 10.2. The van der Waals surface area contributed by atoms with Crippen LogP contribution in [0.25, 0.3) is 0 Å². The lowest BCUT2D eigenvalue weighted by atomic mass is 10.2. The molecule has 2 aromatic carbocycles. The molecule has 3 heteroatoms. The van der Waals surface area contributed by atoms with Crippen LogP contribution in [0.1, 0.15) is 15.9 Å². The molecule has 0 amide bonds. The number of benzene rings is 2. The zero-order chi connectivity index (χ0) is 12.3. The molecule has 0 bridgehead atoms. The van der Waals surface area contributed by atoms with Gasteiger partial charge in [-0.15, -0.1) is 0 Å². The SMILES string of the molecule is Cc1cccc(Sc2ccc(Br)cc2C=O)c1. The van der Waals surface area contributed by atoms with E-state index in [4.69, 9.17) is 0 Å². The molecule has 0 aromatic heterocycles. The van der Waals surface area contributed by atoms with Crippen LogP contribution in [-0.2, 0) is 0 Å². The molecule has 0 aliphatic rings. The van der Waals surface area contributed by atoms with E-state index in [0.29, 0.717) is 5.56 Å². The van der Waals surface area contributed by atoms with E-state index in [1.165, 1.54) is 5.56 Å². The van der Waals surface area contributed by atoms with Gasteiger partial charge in [0.15, 0.2) is 6.29 Å². The van der Waals surface area contributed by atoms with Gasteiger partial charge >= 0.3 is 0 Å². The van der Waals surface area contributed by atoms with Crippen molar-refractivity contribution >= 4 is 34.0 Å². The Morgan fingerprint density at radius 3 is 2.71 bits per heavy atom. The summed E-state index contributed by atoms with van der Waals surface area (Å²) in [6, 6.07) is 14.0. The van der Waals surface area contributed by atoms with Crippen molar-refractivity contribution in [3.8, 4) is 0 Å². The van der Waals surface area contributed by atoms with E-state index >= 15 is 0 Å². The Bertz CT molecular complexity index is 552. The molecule has 0 spiro atoms. The summed E-state index contributed by atoms with van der Waals surface area (Å²) in [5.74, 6) is 0. The Balaban J connectivity index is 2.32. The topological polar surface area (TPSA) is 17.1 Å². The summed E-state index contributed by atoms with van der Waals surface area (Å²) < 4.78 is 0.924. The Morgan fingerprint density at radius 2 is 2.00 bits per heavy atom. The van der Waals surface area contributed by atoms with Gasteiger partial charge in [0.1, 0.15) is 0 Å². The van der Waals surface area contributed by atoms with Gasteiger partial charge in [0, 0.05) is 19.8 Å². The molecule has 2 rings (SSSR count). The average Bonchev–Trinajstić information content (AvgIpc) is 2.31. The van der Waals surface area contributed by atoms with Crippen LogP contribution in [0.5, 0.6) is 0 Å². The Kier molecular flexibility index (Phi) is 4.02. The Morgan fingerprint density at radius 1 is 1.18 bits per heavy atom. The molecule has 0 heterocycles. The molecule has 0 aliphatic carbocycles. The maximum absolute atomic E-state index is 11.0. The van der Waals surface area contributed by atoms with Crippen molar-refractivity contribution in [2.24, 2.45) is 0 Å². The molecule has 0 fully saturated rings. The summed E-state index contributed by atoms with van der Waals surface area (Å²) in [6.07, 6.45) is 0.892. The number of aldehydes is 1. The number of carbonyl (C=O) groups excluding carboxylic acids is 1. The second-order valence-corrected chi connectivity index (χ2v) is 5.75. The van der Waals surface area contributed by atoms with Gasteiger partial charge in [-0.25, -0.2) is 0 Å². The van der Waals surface area contributed by atoms with Gasteiger partial charge in [-0.1, -0.05) is 45.4 Å². The zero-order valence-electron chi connectivity index (χ0n) is 9.31. The molecule has 0 unspecified atom stereocenters. The van der Waals surface area contributed by atoms with Crippen molar-refractivity contribution in [1.29, 1.82) is 0 Å². The predicted molar refractivity (Wildman–Crippen MR) is 74.8 cm³/mol. The van der Waals surface area contributed by atoms with Gasteiger partial charge in [-0.05, 0) is 37.3 Å². The molecule has 0 aliphatic heterocycles. The fraction of sp³-hybridized carbons (Fsp3) is 0.0714. The third kappa shape index (κ3) is 3.20. The summed E-state index contributed by atoms with van der Waals surface area (Å²) in [4.78, 5) is 13.1. The van der Waals surface area contributed by atoms with E-state index in [2.05, 4.69) is 35.0 Å². The van der Waals surface area contributed by atoms with Gasteiger partial charge in [0.25, 0.3) is 0 Å². The lowest BCUT2D eigenvalue weighted by Gasteiger charge is -2.05. The first-order chi connectivity index (χ1) is 8.19. The van der Waals surface area contributed by atoms with Crippen molar-refractivity contribution < 1.29 is 4.79 Å². The summed E-state index contributed by atoms with van der Waals surface area (Å²) >= 11 is 4.98. The van der Waals surface area contributed by atoms with Gasteiger partial charge in [0.2, 0.25) is 0 Å². The minimum absolute atomic E-state index is 0.714. The monoisotopic (exact) mass is 306 g/mol. The summed E-state index contributed by atoms with van der Waals surface area (Å²) in [5.41, 5.74) is 1.94. The first-order valence-electron chi connectivity index (χ1n) is 5.18. The number of hydrogen-bond acceptors (Lipinski definition) is 2. The van der Waals surface area contributed by atoms with E-state index < -0.39 is 0 Å². The molecule has 0 atom stereocenters. The maximum Gasteiger partial charge on any atom is 0.151 e. The van der Waals surface area contributed by atoms with Crippen LogP contribution in [0.3, 0.4) is 0 Å². The first-order valence-corrected chi connectivity index (χ1v) is 6.79. The van der Waals surface area contributed by atoms with Gasteiger partial charge in [-0.3, -0.25) is 4.79 Å². The molecular formula is C14H11BrOS. The first kappa shape index (κ1) is 12.4. The molecule has 0 saturated carbocycles. The number of halogens is 1. The van der Waals surface area contributed by atoms with Crippen LogP contribution in [0.2, 0.25) is 0 Å². The van der Waals surface area contributed by atoms with Crippen molar-refractivity contribution in [3.63, 3.8) is 0 Å². The van der Waals surface area contributed by atoms with Gasteiger partial charge in [0.05, 0.1) is 0 Å². The van der Waals surface area contributed by atoms with Crippen molar-refractivity contribution in [2.45, 2.75) is 16.7 Å².